The van der Waals surface area contributed by atoms with Crippen LogP contribution >= 0.6 is 0 Å². The molecule has 8 heteroatoms. The third-order valence-corrected chi connectivity index (χ3v) is 8.59. The molecular weight excluding hydrogens is 462 g/mol. The zero-order valence-electron chi connectivity index (χ0n) is 20.6. The first kappa shape index (κ1) is 23.6. The molecule has 3 N–H and O–H groups in total. The summed E-state index contributed by atoms with van der Waals surface area (Å²) in [5.74, 6) is 0.135. The highest BCUT2D eigenvalue weighted by Gasteiger charge is 2.67. The number of nitrogens with one attached hydrogen (secondary N) is 1. The van der Waals surface area contributed by atoms with Gasteiger partial charge in [0.15, 0.2) is 11.5 Å². The lowest BCUT2D eigenvalue weighted by Crippen LogP contribution is -2.53. The molecule has 1 saturated heterocycles. The van der Waals surface area contributed by atoms with E-state index < -0.39 is 23.7 Å². The van der Waals surface area contributed by atoms with Crippen LogP contribution in [0.2, 0.25) is 0 Å². The SMILES string of the molecule is CC(C)N1C(=O)C2(N=C1N)c1cc(-c3cccc(C4CN4)c3)ccc1C[C@]21CC[C@@H](OC(F)F)CC1. The predicted octanol–water partition coefficient (Wildman–Crippen LogP) is 4.48. The van der Waals surface area contributed by atoms with E-state index in [4.69, 9.17) is 15.5 Å². The number of guanidine groups is 1. The number of carbonyl (C=O) groups excluding carboxylic acids is 1. The Morgan fingerprint density at radius 1 is 1.14 bits per heavy atom. The fraction of sp³-hybridized carbons (Fsp3) is 0.500. The molecule has 2 unspecified atom stereocenters. The second-order valence-corrected chi connectivity index (χ2v) is 11.0. The van der Waals surface area contributed by atoms with Crippen molar-refractivity contribution in [2.45, 2.75) is 76.3 Å². The molecule has 2 fully saturated rings. The first-order chi connectivity index (χ1) is 17.2. The van der Waals surface area contributed by atoms with Gasteiger partial charge in [-0.25, -0.2) is 4.99 Å². The van der Waals surface area contributed by atoms with E-state index in [1.54, 1.807) is 4.90 Å². The van der Waals surface area contributed by atoms with E-state index >= 15 is 0 Å². The summed E-state index contributed by atoms with van der Waals surface area (Å²) in [6, 6.07) is 15.1. The molecule has 0 bridgehead atoms. The minimum Gasteiger partial charge on any atom is -0.369 e. The first-order valence-electron chi connectivity index (χ1n) is 12.8. The molecular formula is C28H32F2N4O2. The average Bonchev–Trinajstić information content (AvgIpc) is 3.61. The molecule has 2 aliphatic heterocycles. The topological polar surface area (TPSA) is 89.9 Å². The zero-order chi connectivity index (χ0) is 25.2. The van der Waals surface area contributed by atoms with E-state index in [1.165, 1.54) is 5.56 Å². The van der Waals surface area contributed by atoms with Crippen molar-refractivity contribution in [2.75, 3.05) is 6.54 Å². The summed E-state index contributed by atoms with van der Waals surface area (Å²) in [6.07, 6.45) is 2.24. The van der Waals surface area contributed by atoms with E-state index in [1.807, 2.05) is 13.8 Å². The Morgan fingerprint density at radius 2 is 1.86 bits per heavy atom. The number of carbonyl (C=O) groups is 1. The van der Waals surface area contributed by atoms with Gasteiger partial charge in [-0.1, -0.05) is 30.3 Å². The Morgan fingerprint density at radius 3 is 2.50 bits per heavy atom. The molecule has 2 spiro atoms. The van der Waals surface area contributed by atoms with Crippen molar-refractivity contribution in [1.29, 1.82) is 0 Å². The molecule has 2 aliphatic carbocycles. The number of amides is 1. The van der Waals surface area contributed by atoms with E-state index in [2.05, 4.69) is 47.8 Å². The van der Waals surface area contributed by atoms with Gasteiger partial charge in [0.25, 0.3) is 5.91 Å². The molecule has 2 aromatic carbocycles. The first-order valence-corrected chi connectivity index (χ1v) is 12.8. The van der Waals surface area contributed by atoms with Crippen molar-refractivity contribution in [3.8, 4) is 11.1 Å². The van der Waals surface area contributed by atoms with Gasteiger partial charge >= 0.3 is 6.61 Å². The number of rotatable bonds is 5. The van der Waals surface area contributed by atoms with Crippen LogP contribution in [0, 0.1) is 5.41 Å². The summed E-state index contributed by atoms with van der Waals surface area (Å²) in [7, 11) is 0. The number of hydrogen-bond donors (Lipinski definition) is 2. The Hall–Kier alpha value is -2.84. The van der Waals surface area contributed by atoms with Gasteiger partial charge in [-0.15, -0.1) is 0 Å². The predicted molar refractivity (Wildman–Crippen MR) is 133 cm³/mol. The number of benzene rings is 2. The Kier molecular flexibility index (Phi) is 5.46. The van der Waals surface area contributed by atoms with Gasteiger partial charge in [-0.3, -0.25) is 9.69 Å². The monoisotopic (exact) mass is 494 g/mol. The molecule has 2 aromatic rings. The summed E-state index contributed by atoms with van der Waals surface area (Å²) in [5.41, 5.74) is 10.1. The van der Waals surface area contributed by atoms with Gasteiger partial charge in [0.1, 0.15) is 0 Å². The van der Waals surface area contributed by atoms with Gasteiger partial charge in [0.2, 0.25) is 0 Å². The standard InChI is InChI=1S/C28H32F2N4O2/c1-16(2)34-24(35)28(33-26(34)31)22-13-18(17-4-3-5-19(12-17)23-15-32-23)6-7-20(22)14-27(28)10-8-21(9-11-27)36-25(29)30/h3-7,12-13,16,21,23,25,32H,8-11,14-15H2,1-2H3,(H2,31,33)/t21-,23?,27-,28?. The molecule has 1 amide bonds. The Labute approximate surface area is 209 Å². The fourth-order valence-electron chi connectivity index (χ4n) is 6.79. The molecule has 190 valence electrons. The number of alkyl halides is 2. The highest BCUT2D eigenvalue weighted by molar-refractivity contribution is 6.08. The summed E-state index contributed by atoms with van der Waals surface area (Å²) in [6.45, 7) is 2.07. The van der Waals surface area contributed by atoms with E-state index in [0.717, 1.165) is 28.8 Å². The van der Waals surface area contributed by atoms with Gasteiger partial charge < -0.3 is 15.8 Å². The van der Waals surface area contributed by atoms with Gasteiger partial charge in [0, 0.05) is 24.0 Å². The van der Waals surface area contributed by atoms with Gasteiger partial charge in [0.05, 0.1) is 6.10 Å². The molecule has 4 aliphatic rings. The number of aliphatic imine (C=N–C) groups is 1. The van der Waals surface area contributed by atoms with Crippen molar-refractivity contribution >= 4 is 11.9 Å². The largest absolute Gasteiger partial charge is 0.369 e. The third-order valence-electron chi connectivity index (χ3n) is 8.59. The van der Waals surface area contributed by atoms with E-state index in [9.17, 15) is 13.6 Å². The Balaban J connectivity index is 1.44. The van der Waals surface area contributed by atoms with Crippen LogP contribution in [-0.4, -0.2) is 42.1 Å². The molecule has 2 heterocycles. The molecule has 2 atom stereocenters. The second-order valence-electron chi connectivity index (χ2n) is 11.0. The number of nitrogens with two attached hydrogens (primary N) is 1. The highest BCUT2D eigenvalue weighted by Crippen LogP contribution is 2.62. The molecule has 0 radical (unpaired) electrons. The summed E-state index contributed by atoms with van der Waals surface area (Å²) >= 11 is 0. The van der Waals surface area contributed by atoms with Crippen LogP contribution < -0.4 is 11.1 Å². The minimum atomic E-state index is -2.79. The van der Waals surface area contributed by atoms with Crippen molar-refractivity contribution in [2.24, 2.45) is 16.1 Å². The molecule has 6 nitrogen and oxygen atoms in total. The van der Waals surface area contributed by atoms with Crippen LogP contribution in [-0.2, 0) is 21.5 Å². The van der Waals surface area contributed by atoms with Crippen molar-refractivity contribution in [1.82, 2.24) is 10.2 Å². The maximum absolute atomic E-state index is 14.2. The second kappa shape index (κ2) is 8.35. The molecule has 6 rings (SSSR count). The minimum absolute atomic E-state index is 0.102. The smallest absolute Gasteiger partial charge is 0.345 e. The van der Waals surface area contributed by atoms with Crippen LogP contribution in [0.5, 0.6) is 0 Å². The third kappa shape index (κ3) is 3.49. The lowest BCUT2D eigenvalue weighted by molar-refractivity contribution is -0.179. The number of fused-ring (bicyclic) bond motifs is 3. The molecule has 36 heavy (non-hydrogen) atoms. The quantitative estimate of drug-likeness (QED) is 0.600. The van der Waals surface area contributed by atoms with Crippen molar-refractivity contribution in [3.63, 3.8) is 0 Å². The zero-order valence-corrected chi connectivity index (χ0v) is 20.6. The fourth-order valence-corrected chi connectivity index (χ4v) is 6.79. The van der Waals surface area contributed by atoms with Gasteiger partial charge in [-0.2, -0.15) is 8.78 Å². The van der Waals surface area contributed by atoms with E-state index in [0.29, 0.717) is 38.1 Å². The van der Waals surface area contributed by atoms with Crippen LogP contribution in [0.1, 0.15) is 62.3 Å². The lowest BCUT2D eigenvalue weighted by Gasteiger charge is -2.45. The van der Waals surface area contributed by atoms with Crippen molar-refractivity contribution < 1.29 is 18.3 Å². The average molecular weight is 495 g/mol. The normalized spacial score (nSPS) is 31.1. The van der Waals surface area contributed by atoms with Crippen LogP contribution in [0.3, 0.4) is 0 Å². The number of ether oxygens (including phenoxy) is 1. The maximum Gasteiger partial charge on any atom is 0.345 e. The molecule has 0 aromatic heterocycles. The lowest BCUT2D eigenvalue weighted by atomic mass is 9.61. The summed E-state index contributed by atoms with van der Waals surface area (Å²) < 4.78 is 30.7. The summed E-state index contributed by atoms with van der Waals surface area (Å²) in [4.78, 5) is 20.8. The molecule has 1 saturated carbocycles. The highest BCUT2D eigenvalue weighted by atomic mass is 19.3. The number of hydrogen-bond acceptors (Lipinski definition) is 5. The maximum atomic E-state index is 14.2. The van der Waals surface area contributed by atoms with Gasteiger partial charge in [-0.05, 0) is 85.9 Å². The van der Waals surface area contributed by atoms with Crippen molar-refractivity contribution in [3.05, 3.63) is 59.2 Å². The van der Waals surface area contributed by atoms with Crippen LogP contribution in [0.4, 0.5) is 8.78 Å². The summed E-state index contributed by atoms with van der Waals surface area (Å²) in [5, 5.41) is 3.35. The number of nitrogens with zero attached hydrogens (tertiary/aromatic N) is 2. The van der Waals surface area contributed by atoms with Crippen LogP contribution in [0.25, 0.3) is 11.1 Å². The number of halogens is 2. The van der Waals surface area contributed by atoms with Crippen LogP contribution in [0.15, 0.2) is 47.5 Å². The van der Waals surface area contributed by atoms with E-state index in [-0.39, 0.29) is 17.9 Å². The Bertz CT molecular complexity index is 1230.